The Morgan fingerprint density at radius 2 is 1.92 bits per heavy atom. The molecule has 0 radical (unpaired) electrons. The van der Waals surface area contributed by atoms with E-state index in [1.165, 1.54) is 10.6 Å². The van der Waals surface area contributed by atoms with Crippen LogP contribution in [0.4, 0.5) is 0 Å². The number of aromatic nitrogens is 1. The summed E-state index contributed by atoms with van der Waals surface area (Å²) in [5.74, 6) is -0.144. The minimum Gasteiger partial charge on any atom is -0.349 e. The van der Waals surface area contributed by atoms with E-state index in [0.717, 1.165) is 31.5 Å². The van der Waals surface area contributed by atoms with Gasteiger partial charge >= 0.3 is 0 Å². The van der Waals surface area contributed by atoms with Gasteiger partial charge in [0, 0.05) is 23.3 Å². The summed E-state index contributed by atoms with van der Waals surface area (Å²) in [6, 6.07) is 10.6. The summed E-state index contributed by atoms with van der Waals surface area (Å²) in [5.41, 5.74) is 1.17. The fraction of sp³-hybridized carbons (Fsp3) is 0.333. The molecule has 134 valence electrons. The van der Waals surface area contributed by atoms with Crippen LogP contribution < -0.4 is 16.2 Å². The molecule has 25 heavy (non-hydrogen) atoms. The van der Waals surface area contributed by atoms with Gasteiger partial charge in [-0.25, -0.2) is 0 Å². The SMILES string of the molecule is Cl.O=C(NC1CCNCC1)c1ccc(=O)n(Cc2ccccc2Cl)c1. The van der Waals surface area contributed by atoms with E-state index in [2.05, 4.69) is 10.6 Å². The van der Waals surface area contributed by atoms with Gasteiger partial charge in [0.1, 0.15) is 0 Å². The molecule has 0 spiro atoms. The summed E-state index contributed by atoms with van der Waals surface area (Å²) in [6.45, 7) is 2.17. The van der Waals surface area contributed by atoms with Crippen molar-refractivity contribution in [3.8, 4) is 0 Å². The number of nitrogens with one attached hydrogen (secondary N) is 2. The lowest BCUT2D eigenvalue weighted by Crippen LogP contribution is -2.43. The Morgan fingerprint density at radius 3 is 2.64 bits per heavy atom. The zero-order valence-corrected chi connectivity index (χ0v) is 15.3. The predicted octanol–water partition coefficient (Wildman–Crippen LogP) is 2.45. The fourth-order valence-corrected chi connectivity index (χ4v) is 3.03. The van der Waals surface area contributed by atoms with E-state index in [4.69, 9.17) is 11.6 Å². The van der Waals surface area contributed by atoms with Crippen LogP contribution in [0.25, 0.3) is 0 Å². The Balaban J connectivity index is 0.00000225. The number of amides is 1. The smallest absolute Gasteiger partial charge is 0.252 e. The molecule has 3 rings (SSSR count). The molecule has 0 saturated carbocycles. The summed E-state index contributed by atoms with van der Waals surface area (Å²) in [5, 5.41) is 6.91. The highest BCUT2D eigenvalue weighted by Crippen LogP contribution is 2.15. The first-order chi connectivity index (χ1) is 11.6. The third kappa shape index (κ3) is 5.08. The van der Waals surface area contributed by atoms with Gasteiger partial charge in [0.2, 0.25) is 0 Å². The minimum absolute atomic E-state index is 0. The number of carbonyl (C=O) groups excluding carboxylic acids is 1. The van der Waals surface area contributed by atoms with Crippen LogP contribution in [0.2, 0.25) is 5.02 Å². The van der Waals surface area contributed by atoms with Crippen molar-refractivity contribution < 1.29 is 4.79 Å². The van der Waals surface area contributed by atoms with Crippen molar-refractivity contribution in [1.82, 2.24) is 15.2 Å². The molecular formula is C18H21Cl2N3O2. The zero-order chi connectivity index (χ0) is 16.9. The minimum atomic E-state index is -0.159. The molecule has 0 unspecified atom stereocenters. The van der Waals surface area contributed by atoms with Crippen LogP contribution in [0.1, 0.15) is 28.8 Å². The highest BCUT2D eigenvalue weighted by molar-refractivity contribution is 6.31. The average Bonchev–Trinajstić information content (AvgIpc) is 2.59. The topological polar surface area (TPSA) is 63.1 Å². The van der Waals surface area contributed by atoms with Crippen molar-refractivity contribution in [2.45, 2.75) is 25.4 Å². The Morgan fingerprint density at radius 1 is 1.20 bits per heavy atom. The number of pyridine rings is 1. The van der Waals surface area contributed by atoms with Gasteiger partial charge in [-0.3, -0.25) is 9.59 Å². The molecule has 2 N–H and O–H groups in total. The maximum absolute atomic E-state index is 12.4. The van der Waals surface area contributed by atoms with Gasteiger partial charge < -0.3 is 15.2 Å². The number of nitrogens with zero attached hydrogens (tertiary/aromatic N) is 1. The van der Waals surface area contributed by atoms with Gasteiger partial charge in [0.25, 0.3) is 11.5 Å². The van der Waals surface area contributed by atoms with Crippen molar-refractivity contribution >= 4 is 29.9 Å². The van der Waals surface area contributed by atoms with Crippen LogP contribution in [0, 0.1) is 0 Å². The van der Waals surface area contributed by atoms with Gasteiger partial charge in [0.15, 0.2) is 0 Å². The van der Waals surface area contributed by atoms with Gasteiger partial charge in [-0.2, -0.15) is 0 Å². The van der Waals surface area contributed by atoms with Crippen LogP contribution in [-0.2, 0) is 6.54 Å². The standard InChI is InChI=1S/C18H20ClN3O2.ClH/c19-16-4-2-1-3-13(16)11-22-12-14(5-6-17(22)23)18(24)21-15-7-9-20-10-8-15;/h1-6,12,15,20H,7-11H2,(H,21,24);1H. The zero-order valence-electron chi connectivity index (χ0n) is 13.7. The Labute approximate surface area is 157 Å². The lowest BCUT2D eigenvalue weighted by Gasteiger charge is -2.23. The lowest BCUT2D eigenvalue weighted by atomic mass is 10.1. The van der Waals surface area contributed by atoms with Crippen molar-refractivity contribution in [3.63, 3.8) is 0 Å². The number of rotatable bonds is 4. The first kappa shape index (κ1) is 19.5. The Bertz CT molecular complexity index is 786. The van der Waals surface area contributed by atoms with Crippen molar-refractivity contribution in [3.05, 3.63) is 69.1 Å². The van der Waals surface area contributed by atoms with E-state index in [9.17, 15) is 9.59 Å². The normalized spacial score (nSPS) is 14.6. The van der Waals surface area contributed by atoms with Crippen LogP contribution in [0.3, 0.4) is 0 Å². The van der Waals surface area contributed by atoms with Gasteiger partial charge in [-0.1, -0.05) is 29.8 Å². The molecule has 1 aliphatic rings. The van der Waals surface area contributed by atoms with Crippen molar-refractivity contribution in [1.29, 1.82) is 0 Å². The molecule has 1 fully saturated rings. The van der Waals surface area contributed by atoms with E-state index in [0.29, 0.717) is 17.1 Å². The van der Waals surface area contributed by atoms with Crippen LogP contribution in [0.5, 0.6) is 0 Å². The largest absolute Gasteiger partial charge is 0.349 e. The summed E-state index contributed by atoms with van der Waals surface area (Å²) in [7, 11) is 0. The second-order valence-electron chi connectivity index (χ2n) is 5.97. The van der Waals surface area contributed by atoms with Crippen LogP contribution >= 0.6 is 24.0 Å². The molecule has 7 heteroatoms. The highest BCUT2D eigenvalue weighted by atomic mass is 35.5. The van der Waals surface area contributed by atoms with E-state index in [1.54, 1.807) is 18.3 Å². The molecule has 5 nitrogen and oxygen atoms in total. The maximum Gasteiger partial charge on any atom is 0.252 e. The molecule has 0 bridgehead atoms. The third-order valence-corrected chi connectivity index (χ3v) is 4.59. The number of piperidine rings is 1. The number of hydrogen-bond acceptors (Lipinski definition) is 3. The number of carbonyl (C=O) groups is 1. The summed E-state index contributed by atoms with van der Waals surface area (Å²) < 4.78 is 1.51. The first-order valence-corrected chi connectivity index (χ1v) is 8.47. The van der Waals surface area contributed by atoms with Gasteiger partial charge in [0.05, 0.1) is 12.1 Å². The molecule has 1 saturated heterocycles. The van der Waals surface area contributed by atoms with Gasteiger partial charge in [-0.15, -0.1) is 12.4 Å². The average molecular weight is 382 g/mol. The van der Waals surface area contributed by atoms with E-state index >= 15 is 0 Å². The number of halogens is 2. The Kier molecular flexibility index (Phi) is 7.05. The molecule has 1 aliphatic heterocycles. The second-order valence-corrected chi connectivity index (χ2v) is 6.38. The summed E-state index contributed by atoms with van der Waals surface area (Å²) in [6.07, 6.45) is 3.44. The highest BCUT2D eigenvalue weighted by Gasteiger charge is 2.17. The van der Waals surface area contributed by atoms with Crippen LogP contribution in [0.15, 0.2) is 47.4 Å². The molecule has 2 heterocycles. The fourth-order valence-electron chi connectivity index (χ4n) is 2.83. The second kappa shape index (κ2) is 9.04. The first-order valence-electron chi connectivity index (χ1n) is 8.09. The van der Waals surface area contributed by atoms with E-state index in [-0.39, 0.29) is 29.9 Å². The predicted molar refractivity (Wildman–Crippen MR) is 102 cm³/mol. The molecule has 1 aromatic carbocycles. The molecular weight excluding hydrogens is 361 g/mol. The monoisotopic (exact) mass is 381 g/mol. The maximum atomic E-state index is 12.4. The van der Waals surface area contributed by atoms with E-state index < -0.39 is 0 Å². The van der Waals surface area contributed by atoms with Crippen molar-refractivity contribution in [2.24, 2.45) is 0 Å². The molecule has 0 atom stereocenters. The number of benzene rings is 1. The molecule has 2 aromatic rings. The lowest BCUT2D eigenvalue weighted by molar-refractivity contribution is 0.0928. The molecule has 1 amide bonds. The van der Waals surface area contributed by atoms with Gasteiger partial charge in [-0.05, 0) is 43.6 Å². The Hall–Kier alpha value is -1.82. The van der Waals surface area contributed by atoms with Crippen LogP contribution in [-0.4, -0.2) is 29.6 Å². The summed E-state index contributed by atoms with van der Waals surface area (Å²) in [4.78, 5) is 24.5. The molecule has 0 aliphatic carbocycles. The van der Waals surface area contributed by atoms with Crippen molar-refractivity contribution in [2.75, 3.05) is 13.1 Å². The quantitative estimate of drug-likeness (QED) is 0.854. The number of hydrogen-bond donors (Lipinski definition) is 2. The summed E-state index contributed by atoms with van der Waals surface area (Å²) >= 11 is 6.16. The molecule has 1 aromatic heterocycles. The van der Waals surface area contributed by atoms with E-state index in [1.807, 2.05) is 18.2 Å². The third-order valence-electron chi connectivity index (χ3n) is 4.22.